The molecule has 0 unspecified atom stereocenters. The Bertz CT molecular complexity index is 1440. The molecule has 0 saturated carbocycles. The molecule has 0 atom stereocenters. The molecule has 32 heavy (non-hydrogen) atoms. The summed E-state index contributed by atoms with van der Waals surface area (Å²) in [6, 6.07) is 15.1. The first-order chi connectivity index (χ1) is 15.5. The van der Waals surface area contributed by atoms with Gasteiger partial charge >= 0.3 is 0 Å². The zero-order chi connectivity index (χ0) is 22.6. The average Bonchev–Trinajstić information content (AvgIpc) is 2.83. The Morgan fingerprint density at radius 1 is 0.938 bits per heavy atom. The summed E-state index contributed by atoms with van der Waals surface area (Å²) in [5.74, 6) is 7.09. The zero-order valence-electron chi connectivity index (χ0n) is 17.4. The maximum atomic E-state index is 13.3. The molecule has 160 valence electrons. The molecule has 1 N–H and O–H groups in total. The fraction of sp³-hybridized carbons (Fsp3) is 0.0833. The van der Waals surface area contributed by atoms with Crippen LogP contribution in [0.5, 0.6) is 11.5 Å². The summed E-state index contributed by atoms with van der Waals surface area (Å²) in [6.45, 7) is 0. The van der Waals surface area contributed by atoms with Gasteiger partial charge in [0.25, 0.3) is 10.0 Å². The van der Waals surface area contributed by atoms with Crippen LogP contribution in [-0.4, -0.2) is 32.6 Å². The highest BCUT2D eigenvalue weighted by molar-refractivity contribution is 7.93. The van der Waals surface area contributed by atoms with Gasteiger partial charge in [-0.15, -0.1) is 0 Å². The largest absolute Gasteiger partial charge is 0.497 e. The summed E-state index contributed by atoms with van der Waals surface area (Å²) < 4.78 is 39.9. The quantitative estimate of drug-likeness (QED) is 0.470. The molecule has 0 saturated heterocycles. The number of rotatable bonds is 5. The van der Waals surface area contributed by atoms with E-state index < -0.39 is 10.0 Å². The summed E-state index contributed by atoms with van der Waals surface area (Å²) in [7, 11) is -0.918. The molecule has 0 radical (unpaired) electrons. The minimum atomic E-state index is -3.98. The second-order valence-corrected chi connectivity index (χ2v) is 8.33. The molecule has 0 spiro atoms. The fourth-order valence-electron chi connectivity index (χ4n) is 3.13. The van der Waals surface area contributed by atoms with Gasteiger partial charge in [-0.25, -0.2) is 8.42 Å². The normalized spacial score (nSPS) is 10.8. The number of hydrogen-bond donors (Lipinski definition) is 1. The molecule has 0 amide bonds. The van der Waals surface area contributed by atoms with Crippen molar-refractivity contribution >= 4 is 26.6 Å². The van der Waals surface area contributed by atoms with Gasteiger partial charge in [-0.05, 0) is 54.6 Å². The molecule has 0 bridgehead atoms. The van der Waals surface area contributed by atoms with Crippen molar-refractivity contribution in [3.05, 3.63) is 84.3 Å². The minimum absolute atomic E-state index is 0.0379. The SMILES string of the molecule is COc1ccc(NS(=O)(=O)c2ccc(OC)c3cccnc23)c(C#Cc2cccnc2)c1. The third-order valence-corrected chi connectivity index (χ3v) is 6.07. The van der Waals surface area contributed by atoms with Crippen molar-refractivity contribution in [1.82, 2.24) is 9.97 Å². The van der Waals surface area contributed by atoms with Crippen LogP contribution in [-0.2, 0) is 10.0 Å². The van der Waals surface area contributed by atoms with Crippen LogP contribution < -0.4 is 14.2 Å². The highest BCUT2D eigenvalue weighted by Crippen LogP contribution is 2.31. The van der Waals surface area contributed by atoms with Gasteiger partial charge < -0.3 is 9.47 Å². The molecule has 4 rings (SSSR count). The molecular formula is C24H19N3O4S. The number of ether oxygens (including phenoxy) is 2. The van der Waals surface area contributed by atoms with Crippen LogP contribution in [0.4, 0.5) is 5.69 Å². The molecule has 2 aromatic carbocycles. The molecule has 8 heteroatoms. The fourth-order valence-corrected chi connectivity index (χ4v) is 4.38. The summed E-state index contributed by atoms with van der Waals surface area (Å²) in [6.07, 6.45) is 4.83. The van der Waals surface area contributed by atoms with Gasteiger partial charge in [0, 0.05) is 29.5 Å². The van der Waals surface area contributed by atoms with Crippen molar-refractivity contribution in [2.75, 3.05) is 18.9 Å². The van der Waals surface area contributed by atoms with E-state index in [1.165, 1.54) is 20.3 Å². The summed E-state index contributed by atoms with van der Waals surface area (Å²) in [4.78, 5) is 8.35. The molecule has 0 aliphatic rings. The van der Waals surface area contributed by atoms with E-state index in [0.717, 1.165) is 0 Å². The number of fused-ring (bicyclic) bond motifs is 1. The Morgan fingerprint density at radius 2 is 1.78 bits per heavy atom. The topological polar surface area (TPSA) is 90.4 Å². The molecule has 2 aromatic heterocycles. The van der Waals surface area contributed by atoms with Gasteiger partial charge in [0.15, 0.2) is 0 Å². The predicted octanol–water partition coefficient (Wildman–Crippen LogP) is 3.85. The Balaban J connectivity index is 1.78. The number of benzene rings is 2. The molecule has 7 nitrogen and oxygen atoms in total. The van der Waals surface area contributed by atoms with E-state index in [1.807, 2.05) is 6.07 Å². The van der Waals surface area contributed by atoms with E-state index in [-0.39, 0.29) is 4.90 Å². The molecule has 4 aromatic rings. The van der Waals surface area contributed by atoms with Crippen molar-refractivity contribution in [2.45, 2.75) is 4.90 Å². The van der Waals surface area contributed by atoms with Crippen LogP contribution in [0, 0.1) is 11.8 Å². The number of nitrogens with zero attached hydrogens (tertiary/aromatic N) is 2. The Labute approximate surface area is 186 Å². The maximum Gasteiger partial charge on any atom is 0.264 e. The van der Waals surface area contributed by atoms with E-state index in [0.29, 0.717) is 39.2 Å². The molecular weight excluding hydrogens is 426 g/mol. The van der Waals surface area contributed by atoms with E-state index in [1.54, 1.807) is 61.1 Å². The van der Waals surface area contributed by atoms with Crippen molar-refractivity contribution in [3.8, 4) is 23.3 Å². The lowest BCUT2D eigenvalue weighted by molar-refractivity contribution is 0.415. The maximum absolute atomic E-state index is 13.3. The van der Waals surface area contributed by atoms with Crippen LogP contribution in [0.2, 0.25) is 0 Å². The van der Waals surface area contributed by atoms with Crippen LogP contribution in [0.25, 0.3) is 10.9 Å². The summed E-state index contributed by atoms with van der Waals surface area (Å²) >= 11 is 0. The standard InChI is InChI=1S/C24H19N3O4S/c1-30-19-9-10-21(18(15-19)8-7-17-5-3-13-25-16-17)27-32(28,29)23-12-11-22(31-2)20-6-4-14-26-24(20)23/h3-6,9-16,27H,1-2H3. The van der Waals surface area contributed by atoms with Gasteiger partial charge in [-0.1, -0.05) is 11.8 Å². The van der Waals surface area contributed by atoms with E-state index in [2.05, 4.69) is 26.5 Å². The summed E-state index contributed by atoms with van der Waals surface area (Å²) in [5.41, 5.74) is 1.80. The number of hydrogen-bond acceptors (Lipinski definition) is 6. The number of pyridine rings is 2. The van der Waals surface area contributed by atoms with Crippen LogP contribution in [0.1, 0.15) is 11.1 Å². The highest BCUT2D eigenvalue weighted by Gasteiger charge is 2.21. The van der Waals surface area contributed by atoms with Gasteiger partial charge in [-0.2, -0.15) is 0 Å². The third-order valence-electron chi connectivity index (χ3n) is 4.68. The third kappa shape index (κ3) is 4.33. The number of anilines is 1. The van der Waals surface area contributed by atoms with Crippen molar-refractivity contribution in [3.63, 3.8) is 0 Å². The first-order valence-electron chi connectivity index (χ1n) is 9.56. The summed E-state index contributed by atoms with van der Waals surface area (Å²) in [5, 5.41) is 0.601. The molecule has 0 aliphatic heterocycles. The average molecular weight is 446 g/mol. The predicted molar refractivity (Wildman–Crippen MR) is 122 cm³/mol. The zero-order valence-corrected chi connectivity index (χ0v) is 18.2. The van der Waals surface area contributed by atoms with Gasteiger partial charge in [0.1, 0.15) is 16.4 Å². The van der Waals surface area contributed by atoms with E-state index >= 15 is 0 Å². The van der Waals surface area contributed by atoms with Crippen LogP contribution in [0.15, 0.2) is 78.1 Å². The Kier molecular flexibility index (Phi) is 5.92. The molecule has 0 fully saturated rings. The first-order valence-corrected chi connectivity index (χ1v) is 11.0. The molecule has 2 heterocycles. The van der Waals surface area contributed by atoms with Gasteiger partial charge in [0.2, 0.25) is 0 Å². The van der Waals surface area contributed by atoms with Crippen molar-refractivity contribution < 1.29 is 17.9 Å². The first kappa shape index (κ1) is 21.2. The van der Waals surface area contributed by atoms with Crippen molar-refractivity contribution in [1.29, 1.82) is 0 Å². The van der Waals surface area contributed by atoms with E-state index in [4.69, 9.17) is 9.47 Å². The minimum Gasteiger partial charge on any atom is -0.497 e. The van der Waals surface area contributed by atoms with Crippen LogP contribution in [0.3, 0.4) is 0 Å². The lowest BCUT2D eigenvalue weighted by Gasteiger charge is -2.13. The number of methoxy groups -OCH3 is 2. The lowest BCUT2D eigenvalue weighted by Crippen LogP contribution is -2.15. The molecule has 0 aliphatic carbocycles. The van der Waals surface area contributed by atoms with Crippen LogP contribution >= 0.6 is 0 Å². The smallest absolute Gasteiger partial charge is 0.264 e. The van der Waals surface area contributed by atoms with Gasteiger partial charge in [0.05, 0.1) is 31.0 Å². The van der Waals surface area contributed by atoms with E-state index in [9.17, 15) is 8.42 Å². The van der Waals surface area contributed by atoms with Gasteiger partial charge in [-0.3, -0.25) is 14.7 Å². The highest BCUT2D eigenvalue weighted by atomic mass is 32.2. The Morgan fingerprint density at radius 3 is 2.53 bits per heavy atom. The second-order valence-electron chi connectivity index (χ2n) is 6.67. The lowest BCUT2D eigenvalue weighted by atomic mass is 10.1. The number of nitrogens with one attached hydrogen (secondary N) is 1. The van der Waals surface area contributed by atoms with Crippen molar-refractivity contribution in [2.24, 2.45) is 0 Å². The number of aromatic nitrogens is 2. The monoisotopic (exact) mass is 445 g/mol. The Hall–Kier alpha value is -4.09. The number of sulfonamides is 1. The second kappa shape index (κ2) is 8.96.